The molecule has 3 fully saturated rings. The number of aliphatic hydroxyl groups is 8. The molecule has 3 aliphatic heterocycles. The number of benzene rings is 2. The van der Waals surface area contributed by atoms with E-state index in [1.165, 1.54) is 26.2 Å². The summed E-state index contributed by atoms with van der Waals surface area (Å²) in [6.45, 7) is 6.17. The first-order valence-electron chi connectivity index (χ1n) is 18.4. The first kappa shape index (κ1) is 41.9. The molecule has 4 heterocycles. The van der Waals surface area contributed by atoms with Crippen LogP contribution in [-0.4, -0.2) is 141 Å². The minimum Gasteiger partial charge on any atom is -0.497 e. The van der Waals surface area contributed by atoms with Crippen molar-refractivity contribution in [3.05, 3.63) is 63.8 Å². The lowest BCUT2D eigenvalue weighted by Crippen LogP contribution is -2.60. The molecule has 56 heavy (non-hydrogen) atoms. The van der Waals surface area contributed by atoms with Gasteiger partial charge in [-0.25, -0.2) is 0 Å². The standard InChI is InChI=1S/C39H50O17/c1-16(2)6-11-21-24(52-39-33(48)31(46)29(44)26(15-40)54-39)13-12-22-28(43)36(34(55-35(21)22)19-7-9-20(49-5)10-8-19)56-37-25(14-23(41)17(3)50-37)53-38-32(47)30(45)27(42)18(4)51-38/h6-10,12-13,17-18,23,25-27,29-33,37-42,44-48H,11,14-15H2,1-5H3/t17-,18-,23+,25+,26+,27-,29+,30+,31-,32+,33+,37-,38-,39+/m0/s1. The van der Waals surface area contributed by atoms with E-state index in [-0.39, 0.29) is 41.1 Å². The van der Waals surface area contributed by atoms with Gasteiger partial charge >= 0.3 is 0 Å². The minimum absolute atomic E-state index is 0.0455. The summed E-state index contributed by atoms with van der Waals surface area (Å²) in [6.07, 6.45) is -17.3. The predicted molar refractivity (Wildman–Crippen MR) is 195 cm³/mol. The number of hydrogen-bond acceptors (Lipinski definition) is 17. The molecule has 0 amide bonds. The van der Waals surface area contributed by atoms with E-state index in [0.29, 0.717) is 16.9 Å². The highest BCUT2D eigenvalue weighted by atomic mass is 16.8. The van der Waals surface area contributed by atoms with Crippen LogP contribution in [0.15, 0.2) is 57.3 Å². The number of fused-ring (bicyclic) bond motifs is 1. The monoisotopic (exact) mass is 790 g/mol. The third-order valence-corrected chi connectivity index (χ3v) is 10.3. The molecule has 3 aliphatic rings. The zero-order valence-electron chi connectivity index (χ0n) is 31.5. The molecular weight excluding hydrogens is 740 g/mol. The quantitative estimate of drug-likeness (QED) is 0.121. The molecule has 6 rings (SSSR count). The van der Waals surface area contributed by atoms with Crippen LogP contribution < -0.4 is 19.6 Å². The maximum atomic E-state index is 14.7. The molecule has 0 aliphatic carbocycles. The summed E-state index contributed by atoms with van der Waals surface area (Å²) >= 11 is 0. The molecule has 2 aromatic carbocycles. The molecule has 8 N–H and O–H groups in total. The van der Waals surface area contributed by atoms with E-state index in [1.807, 2.05) is 19.9 Å². The van der Waals surface area contributed by atoms with Gasteiger partial charge in [0.05, 0.1) is 37.4 Å². The zero-order chi connectivity index (χ0) is 40.6. The van der Waals surface area contributed by atoms with Crippen LogP contribution in [-0.2, 0) is 25.4 Å². The smallest absolute Gasteiger partial charge is 0.235 e. The van der Waals surface area contributed by atoms with Gasteiger partial charge in [-0.15, -0.1) is 0 Å². The van der Waals surface area contributed by atoms with Gasteiger partial charge in [-0.05, 0) is 70.5 Å². The van der Waals surface area contributed by atoms with Crippen molar-refractivity contribution in [2.75, 3.05) is 13.7 Å². The van der Waals surface area contributed by atoms with Gasteiger partial charge in [0.25, 0.3) is 0 Å². The van der Waals surface area contributed by atoms with E-state index in [1.54, 1.807) is 31.2 Å². The first-order valence-corrected chi connectivity index (χ1v) is 18.4. The Morgan fingerprint density at radius 2 is 1.45 bits per heavy atom. The van der Waals surface area contributed by atoms with E-state index in [9.17, 15) is 45.6 Å². The third-order valence-electron chi connectivity index (χ3n) is 10.3. The lowest BCUT2D eigenvalue weighted by molar-refractivity contribution is -0.335. The van der Waals surface area contributed by atoms with Gasteiger partial charge in [0.2, 0.25) is 23.8 Å². The molecule has 0 spiro atoms. The Morgan fingerprint density at radius 3 is 2.11 bits per heavy atom. The molecule has 14 atom stereocenters. The fourth-order valence-corrected chi connectivity index (χ4v) is 6.79. The normalized spacial score (nSPS) is 34.9. The van der Waals surface area contributed by atoms with Crippen LogP contribution >= 0.6 is 0 Å². The average molecular weight is 791 g/mol. The Morgan fingerprint density at radius 1 is 0.786 bits per heavy atom. The second kappa shape index (κ2) is 17.4. The molecule has 0 radical (unpaired) electrons. The van der Waals surface area contributed by atoms with Crippen LogP contribution in [0.3, 0.4) is 0 Å². The average Bonchev–Trinajstić information content (AvgIpc) is 3.18. The van der Waals surface area contributed by atoms with Gasteiger partial charge in [0.1, 0.15) is 65.9 Å². The van der Waals surface area contributed by atoms with E-state index >= 15 is 0 Å². The van der Waals surface area contributed by atoms with Gasteiger partial charge < -0.3 is 78.4 Å². The van der Waals surface area contributed by atoms with Crippen molar-refractivity contribution in [3.8, 4) is 28.6 Å². The summed E-state index contributed by atoms with van der Waals surface area (Å²) in [5, 5.41) is 83.3. The van der Waals surface area contributed by atoms with E-state index in [0.717, 1.165) is 5.57 Å². The van der Waals surface area contributed by atoms with Crippen molar-refractivity contribution in [1.29, 1.82) is 0 Å². The molecule has 17 nitrogen and oxygen atoms in total. The van der Waals surface area contributed by atoms with Crippen LogP contribution in [0.4, 0.5) is 0 Å². The largest absolute Gasteiger partial charge is 0.497 e. The molecule has 308 valence electrons. The fraction of sp³-hybridized carbons (Fsp3) is 0.564. The Hall–Kier alpha value is -3.69. The topological polar surface area (TPSA) is 257 Å². The summed E-state index contributed by atoms with van der Waals surface area (Å²) in [4.78, 5) is 14.7. The maximum Gasteiger partial charge on any atom is 0.235 e. The number of ether oxygens (including phenoxy) is 7. The molecule has 3 aromatic rings. The Balaban J connectivity index is 1.46. The van der Waals surface area contributed by atoms with Gasteiger partial charge in [-0.3, -0.25) is 4.79 Å². The van der Waals surface area contributed by atoms with Crippen LogP contribution in [0.25, 0.3) is 22.3 Å². The highest BCUT2D eigenvalue weighted by Gasteiger charge is 2.47. The SMILES string of the molecule is COc1ccc(-c2oc3c(CC=C(C)C)c(O[C@@H]4O[C@H](CO)[C@@H](O)[C@H](O)[C@H]4O)ccc3c(=O)c2O[C@@H]2O[C@@H](C)[C@H](O)C[C@H]2O[C@@H]2O[C@@H](C)[C@H](O)[C@@H](O)[C@H]2O)cc1. The van der Waals surface area contributed by atoms with Crippen molar-refractivity contribution < 1.29 is 78.4 Å². The molecule has 3 saturated heterocycles. The summed E-state index contributed by atoms with van der Waals surface area (Å²) in [6, 6.07) is 9.45. The summed E-state index contributed by atoms with van der Waals surface area (Å²) < 4.78 is 47.7. The summed E-state index contributed by atoms with van der Waals surface area (Å²) in [7, 11) is 1.50. The van der Waals surface area contributed by atoms with Crippen molar-refractivity contribution in [2.45, 2.75) is 127 Å². The molecule has 0 bridgehead atoms. The van der Waals surface area contributed by atoms with Crippen molar-refractivity contribution in [1.82, 2.24) is 0 Å². The highest BCUT2D eigenvalue weighted by Crippen LogP contribution is 2.39. The number of methoxy groups -OCH3 is 1. The van der Waals surface area contributed by atoms with Crippen LogP contribution in [0, 0.1) is 0 Å². The van der Waals surface area contributed by atoms with E-state index in [4.69, 9.17) is 37.6 Å². The predicted octanol–water partition coefficient (Wildman–Crippen LogP) is 0.243. The second-order valence-electron chi connectivity index (χ2n) is 14.5. The Kier molecular flexibility index (Phi) is 13.1. The highest BCUT2D eigenvalue weighted by molar-refractivity contribution is 5.86. The number of hydrogen-bond donors (Lipinski definition) is 8. The first-order chi connectivity index (χ1) is 26.6. The lowest BCUT2D eigenvalue weighted by atomic mass is 9.99. The van der Waals surface area contributed by atoms with Crippen molar-refractivity contribution in [2.24, 2.45) is 0 Å². The van der Waals surface area contributed by atoms with Gasteiger partial charge in [-0.1, -0.05) is 11.6 Å². The zero-order valence-corrected chi connectivity index (χ0v) is 31.5. The maximum absolute atomic E-state index is 14.7. The van der Waals surface area contributed by atoms with Crippen molar-refractivity contribution in [3.63, 3.8) is 0 Å². The summed E-state index contributed by atoms with van der Waals surface area (Å²) in [5.74, 6) is 0.278. The molecular formula is C39H50O17. The number of allylic oxidation sites excluding steroid dienone is 2. The van der Waals surface area contributed by atoms with Gasteiger partial charge in [-0.2, -0.15) is 0 Å². The lowest BCUT2D eigenvalue weighted by Gasteiger charge is -2.43. The van der Waals surface area contributed by atoms with Gasteiger partial charge in [0.15, 0.2) is 12.1 Å². The second-order valence-corrected chi connectivity index (χ2v) is 14.5. The van der Waals surface area contributed by atoms with E-state index < -0.39 is 98.0 Å². The molecule has 1 aromatic heterocycles. The van der Waals surface area contributed by atoms with Crippen LogP contribution in [0.2, 0.25) is 0 Å². The Labute approximate surface area is 321 Å². The van der Waals surface area contributed by atoms with Crippen molar-refractivity contribution >= 4 is 11.0 Å². The minimum atomic E-state index is -1.71. The van der Waals surface area contributed by atoms with Crippen LogP contribution in [0.1, 0.15) is 39.7 Å². The number of rotatable bonds is 11. The Bertz CT molecular complexity index is 1890. The third kappa shape index (κ3) is 8.45. The van der Waals surface area contributed by atoms with Crippen LogP contribution in [0.5, 0.6) is 17.2 Å². The summed E-state index contributed by atoms with van der Waals surface area (Å²) in [5.41, 5.74) is 1.08. The molecule has 17 heteroatoms. The van der Waals surface area contributed by atoms with Gasteiger partial charge in [0, 0.05) is 17.5 Å². The molecule has 0 saturated carbocycles. The van der Waals surface area contributed by atoms with E-state index in [2.05, 4.69) is 0 Å². The molecule has 0 unspecified atom stereocenters. The fourth-order valence-electron chi connectivity index (χ4n) is 6.79. The number of aliphatic hydroxyl groups excluding tert-OH is 8.